The second kappa shape index (κ2) is 6.97. The predicted molar refractivity (Wildman–Crippen MR) is 74.4 cm³/mol. The Balaban J connectivity index is 1.68. The maximum Gasteiger partial charge on any atom is 0.0949 e. The van der Waals surface area contributed by atoms with Crippen LogP contribution >= 0.6 is 0 Å². The summed E-state index contributed by atoms with van der Waals surface area (Å²) in [6, 6.07) is 10.6. The molecule has 0 unspecified atom stereocenters. The van der Waals surface area contributed by atoms with Gasteiger partial charge >= 0.3 is 0 Å². The molecule has 0 aliphatic heterocycles. The lowest BCUT2D eigenvalue weighted by molar-refractivity contribution is 0.608. The van der Waals surface area contributed by atoms with Crippen molar-refractivity contribution in [3.63, 3.8) is 0 Å². The van der Waals surface area contributed by atoms with Crippen LogP contribution in [0.4, 0.5) is 0 Å². The Morgan fingerprint density at radius 3 is 2.67 bits per heavy atom. The van der Waals surface area contributed by atoms with Gasteiger partial charge in [0.25, 0.3) is 0 Å². The molecule has 2 aromatic rings. The smallest absolute Gasteiger partial charge is 0.0949 e. The van der Waals surface area contributed by atoms with Crippen molar-refractivity contribution in [3.8, 4) is 0 Å². The Bertz CT molecular complexity index is 448. The van der Waals surface area contributed by atoms with Crippen LogP contribution in [0.2, 0.25) is 0 Å². The van der Waals surface area contributed by atoms with Crippen LogP contribution < -0.4 is 5.73 Å². The number of hydrogen-bond donors (Lipinski definition) is 1. The molecule has 3 heteroatoms. The van der Waals surface area contributed by atoms with Gasteiger partial charge in [-0.05, 0) is 31.4 Å². The van der Waals surface area contributed by atoms with Crippen LogP contribution in [0.25, 0.3) is 0 Å². The Morgan fingerprint density at radius 2 is 1.89 bits per heavy atom. The molecule has 0 saturated heterocycles. The Hall–Kier alpha value is -1.61. The van der Waals surface area contributed by atoms with E-state index in [1.54, 1.807) is 0 Å². The average molecular weight is 243 g/mol. The van der Waals surface area contributed by atoms with E-state index in [1.165, 1.54) is 18.4 Å². The molecule has 0 radical (unpaired) electrons. The molecule has 96 valence electrons. The van der Waals surface area contributed by atoms with Crippen molar-refractivity contribution in [2.75, 3.05) is 6.54 Å². The van der Waals surface area contributed by atoms with Crippen LogP contribution in [0.1, 0.15) is 24.1 Å². The zero-order valence-electron chi connectivity index (χ0n) is 10.8. The molecule has 1 heterocycles. The number of imidazole rings is 1. The first kappa shape index (κ1) is 12.8. The summed E-state index contributed by atoms with van der Waals surface area (Å²) in [7, 11) is 0. The molecule has 0 fully saturated rings. The van der Waals surface area contributed by atoms with E-state index in [9.17, 15) is 0 Å². The third-order valence-electron chi connectivity index (χ3n) is 3.06. The van der Waals surface area contributed by atoms with Gasteiger partial charge < -0.3 is 10.3 Å². The number of aromatic nitrogens is 2. The topological polar surface area (TPSA) is 43.8 Å². The first-order valence-electron chi connectivity index (χ1n) is 6.63. The number of nitrogens with zero attached hydrogens (tertiary/aromatic N) is 2. The van der Waals surface area contributed by atoms with Crippen molar-refractivity contribution in [2.45, 2.75) is 32.2 Å². The Morgan fingerprint density at radius 1 is 1.06 bits per heavy atom. The maximum absolute atomic E-state index is 5.51. The van der Waals surface area contributed by atoms with Crippen LogP contribution in [0.5, 0.6) is 0 Å². The van der Waals surface area contributed by atoms with Crippen LogP contribution in [0.3, 0.4) is 0 Å². The van der Waals surface area contributed by atoms with E-state index in [-0.39, 0.29) is 0 Å². The minimum Gasteiger partial charge on any atom is -0.337 e. The molecular formula is C15H21N3. The molecule has 2 N–H and O–H groups in total. The Labute approximate surface area is 109 Å². The molecule has 0 atom stereocenters. The lowest BCUT2D eigenvalue weighted by atomic mass is 10.1. The molecule has 0 bridgehead atoms. The molecule has 0 aliphatic rings. The molecule has 3 nitrogen and oxygen atoms in total. The van der Waals surface area contributed by atoms with E-state index in [2.05, 4.69) is 46.1 Å². The highest BCUT2D eigenvalue weighted by atomic mass is 15.0. The van der Waals surface area contributed by atoms with E-state index < -0.39 is 0 Å². The van der Waals surface area contributed by atoms with Gasteiger partial charge in [-0.25, -0.2) is 4.98 Å². The van der Waals surface area contributed by atoms with E-state index in [0.717, 1.165) is 25.1 Å². The first-order valence-corrected chi connectivity index (χ1v) is 6.63. The van der Waals surface area contributed by atoms with Crippen LogP contribution in [-0.2, 0) is 19.4 Å². The SMILES string of the molecule is NCCc1cn(CCCCc2ccccc2)cn1. The second-order valence-corrected chi connectivity index (χ2v) is 4.58. The van der Waals surface area contributed by atoms with Crippen molar-refractivity contribution in [1.29, 1.82) is 0 Å². The van der Waals surface area contributed by atoms with Gasteiger partial charge in [-0.2, -0.15) is 0 Å². The standard InChI is InChI=1S/C15H21N3/c16-10-9-15-12-18(13-17-15)11-5-4-8-14-6-2-1-3-7-14/h1-3,6-7,12-13H,4-5,8-11,16H2. The first-order chi connectivity index (χ1) is 8.88. The van der Waals surface area contributed by atoms with E-state index >= 15 is 0 Å². The fourth-order valence-corrected chi connectivity index (χ4v) is 2.07. The summed E-state index contributed by atoms with van der Waals surface area (Å²) in [5, 5.41) is 0. The summed E-state index contributed by atoms with van der Waals surface area (Å²) in [4.78, 5) is 4.33. The van der Waals surface area contributed by atoms with Crippen LogP contribution in [-0.4, -0.2) is 16.1 Å². The van der Waals surface area contributed by atoms with Gasteiger partial charge in [0.1, 0.15) is 0 Å². The highest BCUT2D eigenvalue weighted by molar-refractivity contribution is 5.14. The Kier molecular flexibility index (Phi) is 4.97. The van der Waals surface area contributed by atoms with Crippen molar-refractivity contribution in [2.24, 2.45) is 5.73 Å². The minimum atomic E-state index is 0.672. The molecule has 0 amide bonds. The van der Waals surface area contributed by atoms with Gasteiger partial charge in [0.15, 0.2) is 0 Å². The molecule has 0 spiro atoms. The van der Waals surface area contributed by atoms with Gasteiger partial charge in [-0.1, -0.05) is 30.3 Å². The molecule has 1 aromatic heterocycles. The summed E-state index contributed by atoms with van der Waals surface area (Å²) < 4.78 is 2.16. The number of rotatable bonds is 7. The van der Waals surface area contributed by atoms with Crippen molar-refractivity contribution >= 4 is 0 Å². The maximum atomic E-state index is 5.51. The predicted octanol–water partition coefficient (Wildman–Crippen LogP) is 2.41. The van der Waals surface area contributed by atoms with Gasteiger partial charge in [-0.15, -0.1) is 0 Å². The fourth-order valence-electron chi connectivity index (χ4n) is 2.07. The van der Waals surface area contributed by atoms with E-state index in [1.807, 2.05) is 6.33 Å². The number of nitrogens with two attached hydrogens (primary N) is 1. The van der Waals surface area contributed by atoms with Crippen LogP contribution in [0, 0.1) is 0 Å². The summed E-state index contributed by atoms with van der Waals surface area (Å²) >= 11 is 0. The van der Waals surface area contributed by atoms with Crippen molar-refractivity contribution in [1.82, 2.24) is 9.55 Å². The average Bonchev–Trinajstić information content (AvgIpc) is 2.84. The van der Waals surface area contributed by atoms with Crippen molar-refractivity contribution in [3.05, 3.63) is 54.1 Å². The third-order valence-corrected chi connectivity index (χ3v) is 3.06. The van der Waals surface area contributed by atoms with Crippen LogP contribution in [0.15, 0.2) is 42.9 Å². The van der Waals surface area contributed by atoms with Gasteiger partial charge in [0.2, 0.25) is 0 Å². The summed E-state index contributed by atoms with van der Waals surface area (Å²) in [6.45, 7) is 1.72. The van der Waals surface area contributed by atoms with E-state index in [0.29, 0.717) is 6.54 Å². The summed E-state index contributed by atoms with van der Waals surface area (Å²) in [5.74, 6) is 0. The molecule has 18 heavy (non-hydrogen) atoms. The lowest BCUT2D eigenvalue weighted by Crippen LogP contribution is -2.02. The highest BCUT2D eigenvalue weighted by Gasteiger charge is 1.98. The van der Waals surface area contributed by atoms with Crippen molar-refractivity contribution < 1.29 is 0 Å². The number of hydrogen-bond acceptors (Lipinski definition) is 2. The summed E-state index contributed by atoms with van der Waals surface area (Å²) in [5.41, 5.74) is 8.03. The van der Waals surface area contributed by atoms with Gasteiger partial charge in [0.05, 0.1) is 12.0 Å². The molecule has 1 aromatic carbocycles. The second-order valence-electron chi connectivity index (χ2n) is 4.58. The third kappa shape index (κ3) is 4.00. The molecule has 0 saturated carbocycles. The normalized spacial score (nSPS) is 10.7. The quantitative estimate of drug-likeness (QED) is 0.759. The van der Waals surface area contributed by atoms with E-state index in [4.69, 9.17) is 5.73 Å². The molecular weight excluding hydrogens is 222 g/mol. The zero-order valence-corrected chi connectivity index (χ0v) is 10.8. The zero-order chi connectivity index (χ0) is 12.6. The molecule has 2 rings (SSSR count). The van der Waals surface area contributed by atoms with Gasteiger partial charge in [-0.3, -0.25) is 0 Å². The largest absolute Gasteiger partial charge is 0.337 e. The lowest BCUT2D eigenvalue weighted by Gasteiger charge is -2.02. The fraction of sp³-hybridized carbons (Fsp3) is 0.400. The number of aryl methyl sites for hydroxylation is 2. The monoisotopic (exact) mass is 243 g/mol. The number of unbranched alkanes of at least 4 members (excludes halogenated alkanes) is 1. The molecule has 0 aliphatic carbocycles. The highest BCUT2D eigenvalue weighted by Crippen LogP contribution is 2.06. The number of benzene rings is 1. The summed E-state index contributed by atoms with van der Waals surface area (Å²) in [6.07, 6.45) is 8.45. The van der Waals surface area contributed by atoms with Gasteiger partial charge in [0, 0.05) is 19.2 Å². The minimum absolute atomic E-state index is 0.672.